The maximum atomic E-state index is 11.5. The number of ether oxygens (including phenoxy) is 1. The average molecular weight is 217 g/mol. The van der Waals surface area contributed by atoms with Crippen LogP contribution in [0.25, 0.3) is 0 Å². The number of alkyl carbamates (subject to hydrolysis) is 1. The molecule has 0 radical (unpaired) electrons. The number of carbonyl (C=O) groups is 1. The van der Waals surface area contributed by atoms with Gasteiger partial charge in [-0.15, -0.1) is 0 Å². The van der Waals surface area contributed by atoms with Gasteiger partial charge in [0.15, 0.2) is 0 Å². The molecular weight excluding hydrogens is 194 g/mol. The third-order valence-electron chi connectivity index (χ3n) is 2.25. The standard InChI is InChI=1S/C11H23NO3/c1-6-11(5,7-8-13)12-9(14)15-10(2,3)4/h13H,6-8H2,1-5H3,(H,12,14). The second kappa shape index (κ2) is 5.35. The summed E-state index contributed by atoms with van der Waals surface area (Å²) in [5.41, 5.74) is -0.880. The Morgan fingerprint density at radius 2 is 1.87 bits per heavy atom. The number of aliphatic hydroxyl groups excluding tert-OH is 1. The first-order valence-electron chi connectivity index (χ1n) is 5.34. The van der Waals surface area contributed by atoms with Gasteiger partial charge in [0.1, 0.15) is 5.60 Å². The Kier molecular flexibility index (Phi) is 5.08. The Hall–Kier alpha value is -0.770. The summed E-state index contributed by atoms with van der Waals surface area (Å²) in [5.74, 6) is 0. The van der Waals surface area contributed by atoms with Crippen LogP contribution in [-0.4, -0.2) is 28.9 Å². The molecule has 15 heavy (non-hydrogen) atoms. The minimum atomic E-state index is -0.488. The lowest BCUT2D eigenvalue weighted by atomic mass is 9.95. The van der Waals surface area contributed by atoms with E-state index >= 15 is 0 Å². The third kappa shape index (κ3) is 6.33. The summed E-state index contributed by atoms with van der Waals surface area (Å²) in [5, 5.41) is 11.7. The molecule has 0 aliphatic carbocycles. The summed E-state index contributed by atoms with van der Waals surface area (Å²) in [6.45, 7) is 9.38. The minimum absolute atomic E-state index is 0.0557. The van der Waals surface area contributed by atoms with Gasteiger partial charge in [0.05, 0.1) is 0 Å². The zero-order valence-corrected chi connectivity index (χ0v) is 10.4. The Bertz CT molecular complexity index is 210. The van der Waals surface area contributed by atoms with E-state index in [1.165, 1.54) is 0 Å². The van der Waals surface area contributed by atoms with E-state index in [-0.39, 0.29) is 6.61 Å². The first-order chi connectivity index (χ1) is 6.72. The molecule has 0 spiro atoms. The van der Waals surface area contributed by atoms with Crippen LogP contribution < -0.4 is 5.32 Å². The van der Waals surface area contributed by atoms with Gasteiger partial charge in [0, 0.05) is 12.1 Å². The Morgan fingerprint density at radius 3 is 2.20 bits per heavy atom. The highest BCUT2D eigenvalue weighted by Gasteiger charge is 2.26. The first-order valence-corrected chi connectivity index (χ1v) is 5.34. The Balaban J connectivity index is 4.24. The van der Waals surface area contributed by atoms with Crippen molar-refractivity contribution in [2.24, 2.45) is 0 Å². The molecule has 2 N–H and O–H groups in total. The van der Waals surface area contributed by atoms with E-state index in [0.717, 1.165) is 6.42 Å². The van der Waals surface area contributed by atoms with Gasteiger partial charge >= 0.3 is 6.09 Å². The summed E-state index contributed by atoms with van der Waals surface area (Å²) in [4.78, 5) is 11.5. The van der Waals surface area contributed by atoms with Gasteiger partial charge in [-0.1, -0.05) is 6.92 Å². The number of rotatable bonds is 4. The van der Waals surface area contributed by atoms with Crippen molar-refractivity contribution in [3.63, 3.8) is 0 Å². The summed E-state index contributed by atoms with van der Waals surface area (Å²) >= 11 is 0. The average Bonchev–Trinajstić information content (AvgIpc) is 2.00. The van der Waals surface area contributed by atoms with Gasteiger partial charge in [-0.05, 0) is 40.5 Å². The van der Waals surface area contributed by atoms with Crippen molar-refractivity contribution < 1.29 is 14.6 Å². The van der Waals surface area contributed by atoms with Crippen LogP contribution in [0, 0.1) is 0 Å². The van der Waals surface area contributed by atoms with Gasteiger partial charge in [-0.25, -0.2) is 4.79 Å². The number of carbonyl (C=O) groups excluding carboxylic acids is 1. The van der Waals surface area contributed by atoms with Crippen LogP contribution in [0.3, 0.4) is 0 Å². The minimum Gasteiger partial charge on any atom is -0.444 e. The highest BCUT2D eigenvalue weighted by Crippen LogP contribution is 2.15. The lowest BCUT2D eigenvalue weighted by molar-refractivity contribution is 0.0445. The fourth-order valence-corrected chi connectivity index (χ4v) is 1.12. The smallest absolute Gasteiger partial charge is 0.408 e. The number of amides is 1. The Morgan fingerprint density at radius 1 is 1.33 bits per heavy atom. The van der Waals surface area contributed by atoms with Crippen LogP contribution in [0.15, 0.2) is 0 Å². The van der Waals surface area contributed by atoms with Crippen molar-refractivity contribution in [1.82, 2.24) is 5.32 Å². The maximum Gasteiger partial charge on any atom is 0.408 e. The van der Waals surface area contributed by atoms with Crippen molar-refractivity contribution in [2.45, 2.75) is 58.6 Å². The van der Waals surface area contributed by atoms with E-state index in [1.807, 2.05) is 34.6 Å². The molecule has 1 atom stereocenters. The molecule has 0 saturated carbocycles. The molecule has 0 aromatic carbocycles. The number of hydrogen-bond acceptors (Lipinski definition) is 3. The summed E-state index contributed by atoms with van der Waals surface area (Å²) < 4.78 is 5.15. The fraction of sp³-hybridized carbons (Fsp3) is 0.909. The quantitative estimate of drug-likeness (QED) is 0.757. The number of aliphatic hydroxyl groups is 1. The van der Waals surface area contributed by atoms with Crippen molar-refractivity contribution in [1.29, 1.82) is 0 Å². The SMILES string of the molecule is CCC(C)(CCO)NC(=O)OC(C)(C)C. The molecule has 0 rings (SSSR count). The van der Waals surface area contributed by atoms with E-state index in [1.54, 1.807) is 0 Å². The van der Waals surface area contributed by atoms with E-state index in [4.69, 9.17) is 9.84 Å². The molecule has 90 valence electrons. The van der Waals surface area contributed by atoms with Crippen LogP contribution in [0.1, 0.15) is 47.5 Å². The first kappa shape index (κ1) is 14.2. The van der Waals surface area contributed by atoms with Gasteiger partial charge in [0.2, 0.25) is 0 Å². The molecule has 0 heterocycles. The van der Waals surface area contributed by atoms with E-state index in [2.05, 4.69) is 5.32 Å². The molecule has 1 amide bonds. The molecular formula is C11H23NO3. The second-order valence-corrected chi connectivity index (χ2v) is 5.01. The van der Waals surface area contributed by atoms with Crippen LogP contribution in [0.4, 0.5) is 4.79 Å². The van der Waals surface area contributed by atoms with Crippen LogP contribution >= 0.6 is 0 Å². The van der Waals surface area contributed by atoms with Crippen molar-refractivity contribution >= 4 is 6.09 Å². The Labute approximate surface area is 92.0 Å². The zero-order chi connectivity index (χ0) is 12.1. The molecule has 0 fully saturated rings. The van der Waals surface area contributed by atoms with Gasteiger partial charge in [-0.2, -0.15) is 0 Å². The molecule has 0 bridgehead atoms. The van der Waals surface area contributed by atoms with Crippen molar-refractivity contribution in [3.8, 4) is 0 Å². The highest BCUT2D eigenvalue weighted by atomic mass is 16.6. The third-order valence-corrected chi connectivity index (χ3v) is 2.25. The second-order valence-electron chi connectivity index (χ2n) is 5.01. The normalized spacial score (nSPS) is 15.6. The molecule has 0 aromatic rings. The molecule has 0 saturated heterocycles. The predicted octanol–water partition coefficient (Wildman–Crippen LogP) is 2.06. The lowest BCUT2D eigenvalue weighted by Gasteiger charge is -2.30. The summed E-state index contributed by atoms with van der Waals surface area (Å²) in [7, 11) is 0. The molecule has 4 nitrogen and oxygen atoms in total. The van der Waals surface area contributed by atoms with Crippen LogP contribution in [0.2, 0.25) is 0 Å². The van der Waals surface area contributed by atoms with Gasteiger partial charge in [-0.3, -0.25) is 0 Å². The van der Waals surface area contributed by atoms with Crippen molar-refractivity contribution in [2.75, 3.05) is 6.61 Å². The van der Waals surface area contributed by atoms with Crippen LogP contribution in [0.5, 0.6) is 0 Å². The van der Waals surface area contributed by atoms with Crippen molar-refractivity contribution in [3.05, 3.63) is 0 Å². The molecule has 4 heteroatoms. The molecule has 0 aliphatic heterocycles. The topological polar surface area (TPSA) is 58.6 Å². The van der Waals surface area contributed by atoms with Gasteiger partial charge < -0.3 is 15.2 Å². The van der Waals surface area contributed by atoms with Gasteiger partial charge in [0.25, 0.3) is 0 Å². The number of hydrogen-bond donors (Lipinski definition) is 2. The molecule has 0 aliphatic rings. The molecule has 1 unspecified atom stereocenters. The predicted molar refractivity (Wildman–Crippen MR) is 59.8 cm³/mol. The van der Waals surface area contributed by atoms with Crippen LogP contribution in [-0.2, 0) is 4.74 Å². The lowest BCUT2D eigenvalue weighted by Crippen LogP contribution is -2.48. The molecule has 0 aromatic heterocycles. The zero-order valence-electron chi connectivity index (χ0n) is 10.4. The van der Waals surface area contributed by atoms with E-state index in [9.17, 15) is 4.79 Å². The van der Waals surface area contributed by atoms with E-state index in [0.29, 0.717) is 6.42 Å². The summed E-state index contributed by atoms with van der Waals surface area (Å²) in [6.07, 6.45) is 0.857. The number of nitrogens with one attached hydrogen (secondary N) is 1. The van der Waals surface area contributed by atoms with E-state index < -0.39 is 17.2 Å². The monoisotopic (exact) mass is 217 g/mol. The fourth-order valence-electron chi connectivity index (χ4n) is 1.12. The highest BCUT2D eigenvalue weighted by molar-refractivity contribution is 5.68. The summed E-state index contributed by atoms with van der Waals surface area (Å²) in [6, 6.07) is 0. The largest absolute Gasteiger partial charge is 0.444 e. The maximum absolute atomic E-state index is 11.5.